The molecule has 0 aliphatic heterocycles. The van der Waals surface area contributed by atoms with Crippen molar-refractivity contribution in [1.29, 1.82) is 0 Å². The Morgan fingerprint density at radius 1 is 1.75 bits per heavy atom. The van der Waals surface area contributed by atoms with Crippen molar-refractivity contribution in [3.63, 3.8) is 0 Å². The smallest absolute Gasteiger partial charge is 0.202 e. The Kier molecular flexibility index (Phi) is 0.997. The topological polar surface area (TPSA) is 71.8 Å². The third kappa shape index (κ3) is 0.841. The van der Waals surface area contributed by atoms with E-state index in [0.29, 0.717) is 0 Å². The molecule has 0 atom stereocenters. The standard InChI is InChI=1S/C4H5N3O/c5-4-1-3(8)2-6-7-4/h1-2H,(H3,5,7,8). The van der Waals surface area contributed by atoms with Gasteiger partial charge in [0.05, 0.1) is 6.20 Å². The van der Waals surface area contributed by atoms with Crippen LogP contribution in [-0.2, 0) is 0 Å². The maximum absolute atomic E-state index is 10.3. The average molecular weight is 111 g/mol. The van der Waals surface area contributed by atoms with Crippen molar-refractivity contribution in [3.8, 4) is 0 Å². The van der Waals surface area contributed by atoms with Crippen LogP contribution in [0.1, 0.15) is 0 Å². The molecule has 1 heterocycles. The third-order valence-electron chi connectivity index (χ3n) is 0.683. The van der Waals surface area contributed by atoms with Gasteiger partial charge in [0.1, 0.15) is 5.82 Å². The van der Waals surface area contributed by atoms with E-state index in [0.717, 1.165) is 6.20 Å². The van der Waals surface area contributed by atoms with Gasteiger partial charge in [0.25, 0.3) is 0 Å². The number of aromatic nitrogens is 2. The fourth-order valence-electron chi connectivity index (χ4n) is 0.393. The van der Waals surface area contributed by atoms with Crippen LogP contribution < -0.4 is 11.2 Å². The van der Waals surface area contributed by atoms with E-state index in [9.17, 15) is 4.79 Å². The number of aromatic amines is 1. The lowest BCUT2D eigenvalue weighted by Crippen LogP contribution is -2.03. The van der Waals surface area contributed by atoms with E-state index in [4.69, 9.17) is 5.73 Å². The summed E-state index contributed by atoms with van der Waals surface area (Å²) in [5.74, 6) is 0.289. The first-order valence-electron chi connectivity index (χ1n) is 2.09. The first kappa shape index (κ1) is 4.83. The van der Waals surface area contributed by atoms with Crippen molar-refractivity contribution in [1.82, 2.24) is 10.2 Å². The van der Waals surface area contributed by atoms with E-state index >= 15 is 0 Å². The zero-order chi connectivity index (χ0) is 5.98. The highest BCUT2D eigenvalue weighted by Gasteiger charge is 1.81. The number of hydrogen-bond donors (Lipinski definition) is 2. The molecule has 0 aliphatic carbocycles. The van der Waals surface area contributed by atoms with Crippen molar-refractivity contribution < 1.29 is 0 Å². The Labute approximate surface area is 45.3 Å². The SMILES string of the molecule is Nc1cc(=O)cn[nH]1. The van der Waals surface area contributed by atoms with Crippen molar-refractivity contribution in [2.75, 3.05) is 5.73 Å². The van der Waals surface area contributed by atoms with Crippen LogP contribution in [0.2, 0.25) is 0 Å². The second-order valence-electron chi connectivity index (χ2n) is 1.37. The minimum Gasteiger partial charge on any atom is -0.384 e. The highest BCUT2D eigenvalue weighted by atomic mass is 16.1. The Balaban J connectivity index is 3.28. The largest absolute Gasteiger partial charge is 0.384 e. The number of hydrogen-bond acceptors (Lipinski definition) is 3. The highest BCUT2D eigenvalue weighted by Crippen LogP contribution is 1.80. The molecule has 0 radical (unpaired) electrons. The molecular formula is C4H5N3O. The fraction of sp³-hybridized carbons (Fsp3) is 0. The molecule has 0 amide bonds. The summed E-state index contributed by atoms with van der Waals surface area (Å²) in [7, 11) is 0. The quantitative estimate of drug-likeness (QED) is 0.467. The second-order valence-corrected chi connectivity index (χ2v) is 1.37. The van der Waals surface area contributed by atoms with Crippen LogP contribution in [-0.4, -0.2) is 10.2 Å². The van der Waals surface area contributed by atoms with E-state index in [2.05, 4.69) is 10.2 Å². The summed E-state index contributed by atoms with van der Waals surface area (Å²) in [4.78, 5) is 10.3. The summed E-state index contributed by atoms with van der Waals surface area (Å²) < 4.78 is 0. The molecular weight excluding hydrogens is 106 g/mol. The molecule has 1 aromatic heterocycles. The van der Waals surface area contributed by atoms with Crippen LogP contribution in [0.4, 0.5) is 5.82 Å². The molecule has 4 nitrogen and oxygen atoms in total. The number of nitrogens with two attached hydrogens (primary N) is 1. The van der Waals surface area contributed by atoms with Gasteiger partial charge in [-0.15, -0.1) is 0 Å². The van der Waals surface area contributed by atoms with Crippen LogP contribution in [0.5, 0.6) is 0 Å². The van der Waals surface area contributed by atoms with E-state index in [-0.39, 0.29) is 11.2 Å². The summed E-state index contributed by atoms with van der Waals surface area (Å²) in [6.45, 7) is 0. The Hall–Kier alpha value is -1.32. The molecule has 0 saturated carbocycles. The predicted molar refractivity (Wildman–Crippen MR) is 29.3 cm³/mol. The lowest BCUT2D eigenvalue weighted by Gasteiger charge is -1.84. The van der Waals surface area contributed by atoms with Gasteiger partial charge in [0, 0.05) is 6.07 Å². The minimum absolute atomic E-state index is 0.179. The van der Waals surface area contributed by atoms with Gasteiger partial charge in [-0.3, -0.25) is 9.89 Å². The van der Waals surface area contributed by atoms with Gasteiger partial charge in [-0.25, -0.2) is 0 Å². The molecule has 8 heavy (non-hydrogen) atoms. The van der Waals surface area contributed by atoms with Gasteiger partial charge in [-0.05, 0) is 0 Å². The van der Waals surface area contributed by atoms with Gasteiger partial charge in [-0.1, -0.05) is 0 Å². The Morgan fingerprint density at radius 2 is 2.50 bits per heavy atom. The van der Waals surface area contributed by atoms with Gasteiger partial charge < -0.3 is 5.73 Å². The van der Waals surface area contributed by atoms with Crippen molar-refractivity contribution >= 4 is 5.82 Å². The summed E-state index contributed by atoms with van der Waals surface area (Å²) in [6, 6.07) is 1.27. The van der Waals surface area contributed by atoms with Crippen LogP contribution in [0.15, 0.2) is 17.1 Å². The molecule has 1 rings (SSSR count). The predicted octanol–water partition coefficient (Wildman–Crippen LogP) is -0.648. The number of anilines is 1. The van der Waals surface area contributed by atoms with E-state index in [1.807, 2.05) is 0 Å². The first-order chi connectivity index (χ1) is 3.79. The number of H-pyrrole nitrogens is 1. The Morgan fingerprint density at radius 3 is 2.88 bits per heavy atom. The van der Waals surface area contributed by atoms with Gasteiger partial charge in [0.15, 0.2) is 0 Å². The molecule has 0 unspecified atom stereocenters. The maximum atomic E-state index is 10.3. The molecule has 0 fully saturated rings. The van der Waals surface area contributed by atoms with Crippen molar-refractivity contribution in [2.24, 2.45) is 0 Å². The summed E-state index contributed by atoms with van der Waals surface area (Å²) in [6.07, 6.45) is 1.16. The molecule has 1 aromatic rings. The van der Waals surface area contributed by atoms with E-state index in [1.54, 1.807) is 0 Å². The normalized spacial score (nSPS) is 9.00. The molecule has 0 aliphatic rings. The van der Waals surface area contributed by atoms with E-state index in [1.165, 1.54) is 6.07 Å². The third-order valence-corrected chi connectivity index (χ3v) is 0.683. The van der Waals surface area contributed by atoms with Crippen molar-refractivity contribution in [2.45, 2.75) is 0 Å². The number of nitrogen functional groups attached to an aromatic ring is 1. The second kappa shape index (κ2) is 1.65. The summed E-state index contributed by atoms with van der Waals surface area (Å²) in [5.41, 5.74) is 4.96. The zero-order valence-electron chi connectivity index (χ0n) is 4.09. The molecule has 0 bridgehead atoms. The molecule has 3 N–H and O–H groups in total. The van der Waals surface area contributed by atoms with Gasteiger partial charge in [-0.2, -0.15) is 5.10 Å². The summed E-state index contributed by atoms with van der Waals surface area (Å²) >= 11 is 0. The van der Waals surface area contributed by atoms with Crippen LogP contribution in [0, 0.1) is 0 Å². The van der Waals surface area contributed by atoms with Crippen LogP contribution in [0.3, 0.4) is 0 Å². The molecule has 0 spiro atoms. The lowest BCUT2D eigenvalue weighted by atomic mass is 10.5. The van der Waals surface area contributed by atoms with Crippen LogP contribution in [0.25, 0.3) is 0 Å². The number of nitrogens with zero attached hydrogens (tertiary/aromatic N) is 1. The average Bonchev–Trinajstić information content (AvgIpc) is 1.64. The molecule has 0 saturated heterocycles. The maximum Gasteiger partial charge on any atom is 0.202 e. The first-order valence-corrected chi connectivity index (χ1v) is 2.09. The Bertz CT molecular complexity index is 229. The van der Waals surface area contributed by atoms with E-state index < -0.39 is 0 Å². The summed E-state index contributed by atoms with van der Waals surface area (Å²) in [5, 5.41) is 5.82. The molecule has 42 valence electrons. The monoisotopic (exact) mass is 111 g/mol. The van der Waals surface area contributed by atoms with Gasteiger partial charge in [0.2, 0.25) is 5.43 Å². The number of rotatable bonds is 0. The number of nitrogens with one attached hydrogen (secondary N) is 1. The van der Waals surface area contributed by atoms with Crippen molar-refractivity contribution in [3.05, 3.63) is 22.5 Å². The molecule has 4 heteroatoms. The fourth-order valence-corrected chi connectivity index (χ4v) is 0.393. The zero-order valence-corrected chi connectivity index (χ0v) is 4.09. The molecule has 0 aromatic carbocycles. The highest BCUT2D eigenvalue weighted by molar-refractivity contribution is 5.22. The lowest BCUT2D eigenvalue weighted by molar-refractivity contribution is 1.03. The van der Waals surface area contributed by atoms with Crippen LogP contribution >= 0.6 is 0 Å². The minimum atomic E-state index is -0.179. The van der Waals surface area contributed by atoms with Gasteiger partial charge >= 0.3 is 0 Å².